The lowest BCUT2D eigenvalue weighted by Gasteiger charge is -2.03. The molecule has 2 nitrogen and oxygen atoms in total. The molecule has 1 atom stereocenters. The van der Waals surface area contributed by atoms with Crippen LogP contribution in [0.3, 0.4) is 0 Å². The van der Waals surface area contributed by atoms with Gasteiger partial charge in [0.15, 0.2) is 0 Å². The maximum atomic E-state index is 8.80. The van der Waals surface area contributed by atoms with Crippen LogP contribution in [0.25, 0.3) is 0 Å². The first kappa shape index (κ1) is 6.92. The molecule has 0 aromatic carbocycles. The molecule has 0 saturated carbocycles. The van der Waals surface area contributed by atoms with Crippen molar-refractivity contribution in [3.05, 3.63) is 0 Å². The maximum Gasteiger partial charge on any atom is 0.0661 e. The molecule has 0 saturated heterocycles. The van der Waals surface area contributed by atoms with Crippen molar-refractivity contribution in [2.45, 2.75) is 19.4 Å². The Kier molecular flexibility index (Phi) is 4.04. The smallest absolute Gasteiger partial charge is 0.0661 e. The van der Waals surface area contributed by atoms with E-state index in [4.69, 9.17) is 5.11 Å². The number of nitrogens with one attached hydrogen (secondary N) is 1. The number of aliphatic hydroxyl groups excluding tert-OH is 1. The highest BCUT2D eigenvalue weighted by Crippen LogP contribution is 1.83. The topological polar surface area (TPSA) is 32.3 Å². The van der Waals surface area contributed by atoms with E-state index in [2.05, 4.69) is 5.32 Å². The van der Waals surface area contributed by atoms with Crippen LogP contribution >= 0.6 is 0 Å². The lowest BCUT2D eigenvalue weighted by atomic mass is 10.3. The Bertz CT molecular complexity index is 39.1. The van der Waals surface area contributed by atoms with E-state index in [9.17, 15) is 0 Å². The van der Waals surface area contributed by atoms with Crippen LogP contribution in [0.1, 0.15) is 13.3 Å². The van der Waals surface area contributed by atoms with E-state index >= 15 is 0 Å². The van der Waals surface area contributed by atoms with Gasteiger partial charge in [-0.3, -0.25) is 0 Å². The van der Waals surface area contributed by atoms with Gasteiger partial charge in [0.05, 0.1) is 6.10 Å². The van der Waals surface area contributed by atoms with E-state index in [0.717, 1.165) is 6.42 Å². The second-order valence-electron chi connectivity index (χ2n) is 1.62. The zero-order valence-corrected chi connectivity index (χ0v) is 4.94. The molecule has 0 radical (unpaired) electrons. The van der Waals surface area contributed by atoms with Gasteiger partial charge in [-0.2, -0.15) is 0 Å². The molecule has 0 spiro atoms. The van der Waals surface area contributed by atoms with Gasteiger partial charge in [-0.05, 0) is 13.5 Å². The predicted molar refractivity (Wildman–Crippen MR) is 30.2 cm³/mol. The zero-order valence-electron chi connectivity index (χ0n) is 4.94. The molecular weight excluding hydrogens is 90.1 g/mol. The second kappa shape index (κ2) is 4.09. The van der Waals surface area contributed by atoms with Crippen molar-refractivity contribution in [2.24, 2.45) is 0 Å². The Labute approximate surface area is 44.5 Å². The number of hydrogen-bond acceptors (Lipinski definition) is 2. The molecule has 0 heterocycles. The summed E-state index contributed by atoms with van der Waals surface area (Å²) >= 11 is 0. The number of rotatable bonds is 3. The average molecular weight is 103 g/mol. The summed E-state index contributed by atoms with van der Waals surface area (Å²) in [6.45, 7) is 2.67. The summed E-state index contributed by atoms with van der Waals surface area (Å²) in [6.07, 6.45) is 0.672. The third-order valence-corrected chi connectivity index (χ3v) is 0.911. The molecule has 0 aliphatic rings. The fourth-order valence-corrected chi connectivity index (χ4v) is 0.380. The highest BCUT2D eigenvalue weighted by Gasteiger charge is 1.93. The van der Waals surface area contributed by atoms with E-state index in [1.807, 2.05) is 14.0 Å². The van der Waals surface area contributed by atoms with Crippen LogP contribution in [-0.2, 0) is 0 Å². The van der Waals surface area contributed by atoms with Crippen LogP contribution in [0, 0.1) is 0 Å². The van der Waals surface area contributed by atoms with Crippen LogP contribution in [0.5, 0.6) is 0 Å². The van der Waals surface area contributed by atoms with Crippen LogP contribution < -0.4 is 5.32 Å². The number of likely N-dealkylation sites (N-methyl/N-ethyl adjacent to an activating group) is 1. The third kappa shape index (κ3) is 3.76. The molecule has 0 bridgehead atoms. The second-order valence-corrected chi connectivity index (χ2v) is 1.62. The largest absolute Gasteiger partial charge is 0.392 e. The molecule has 7 heavy (non-hydrogen) atoms. The molecule has 0 aromatic rings. The molecule has 0 aromatic heterocycles. The van der Waals surface area contributed by atoms with Gasteiger partial charge < -0.3 is 10.4 Å². The molecule has 0 aliphatic carbocycles. The van der Waals surface area contributed by atoms with Gasteiger partial charge in [-0.1, -0.05) is 6.92 Å². The van der Waals surface area contributed by atoms with E-state index in [1.54, 1.807) is 0 Å². The van der Waals surface area contributed by atoms with Gasteiger partial charge in [0.25, 0.3) is 0 Å². The Balaban J connectivity index is 2.83. The summed E-state index contributed by atoms with van der Waals surface area (Å²) < 4.78 is 0. The standard InChI is InChI=1S/C5H13NO/c1-3-5(7)4-6-2/h5-7H,3-4H2,1-2H3/t5-/m1/s1. The molecule has 2 heteroatoms. The molecule has 0 aliphatic heterocycles. The van der Waals surface area contributed by atoms with Crippen LogP contribution in [0.4, 0.5) is 0 Å². The van der Waals surface area contributed by atoms with Crippen molar-refractivity contribution >= 4 is 0 Å². The Morgan fingerprint density at radius 2 is 2.29 bits per heavy atom. The Morgan fingerprint density at radius 1 is 1.71 bits per heavy atom. The molecule has 0 amide bonds. The van der Waals surface area contributed by atoms with Crippen molar-refractivity contribution in [3.63, 3.8) is 0 Å². The normalized spacial score (nSPS) is 14.1. The van der Waals surface area contributed by atoms with Gasteiger partial charge in [0.1, 0.15) is 0 Å². The van der Waals surface area contributed by atoms with Crippen molar-refractivity contribution < 1.29 is 5.11 Å². The van der Waals surface area contributed by atoms with E-state index in [-0.39, 0.29) is 6.10 Å². The number of hydrogen-bond donors (Lipinski definition) is 2. The summed E-state index contributed by atoms with van der Waals surface area (Å²) in [7, 11) is 1.83. The minimum absolute atomic E-state index is 0.162. The summed E-state index contributed by atoms with van der Waals surface area (Å²) in [5, 5.41) is 11.7. The lowest BCUT2D eigenvalue weighted by molar-refractivity contribution is 0.170. The van der Waals surface area contributed by atoms with Crippen LogP contribution in [-0.4, -0.2) is 24.8 Å². The summed E-state index contributed by atoms with van der Waals surface area (Å²) in [5.74, 6) is 0. The van der Waals surface area contributed by atoms with Gasteiger partial charge >= 0.3 is 0 Å². The molecule has 44 valence electrons. The van der Waals surface area contributed by atoms with Crippen molar-refractivity contribution in [3.8, 4) is 0 Å². The Morgan fingerprint density at radius 3 is 2.43 bits per heavy atom. The molecule has 2 N–H and O–H groups in total. The monoisotopic (exact) mass is 103 g/mol. The minimum atomic E-state index is -0.162. The van der Waals surface area contributed by atoms with E-state index in [1.165, 1.54) is 0 Å². The van der Waals surface area contributed by atoms with Crippen LogP contribution in [0.2, 0.25) is 0 Å². The lowest BCUT2D eigenvalue weighted by Crippen LogP contribution is -2.22. The first-order chi connectivity index (χ1) is 3.31. The fraction of sp³-hybridized carbons (Fsp3) is 1.00. The quantitative estimate of drug-likeness (QED) is 0.526. The summed E-state index contributed by atoms with van der Waals surface area (Å²) in [5.41, 5.74) is 0. The minimum Gasteiger partial charge on any atom is -0.392 e. The Hall–Kier alpha value is -0.0800. The van der Waals surface area contributed by atoms with Crippen molar-refractivity contribution in [1.82, 2.24) is 5.32 Å². The summed E-state index contributed by atoms with van der Waals surface area (Å²) in [6, 6.07) is 0. The zero-order chi connectivity index (χ0) is 5.70. The fourth-order valence-electron chi connectivity index (χ4n) is 0.380. The first-order valence-corrected chi connectivity index (χ1v) is 2.64. The third-order valence-electron chi connectivity index (χ3n) is 0.911. The van der Waals surface area contributed by atoms with Crippen LogP contribution in [0.15, 0.2) is 0 Å². The van der Waals surface area contributed by atoms with Gasteiger partial charge in [0, 0.05) is 6.54 Å². The molecule has 0 rings (SSSR count). The van der Waals surface area contributed by atoms with Crippen molar-refractivity contribution in [2.75, 3.05) is 13.6 Å². The van der Waals surface area contributed by atoms with E-state index < -0.39 is 0 Å². The average Bonchev–Trinajstić information content (AvgIpc) is 1.68. The highest BCUT2D eigenvalue weighted by atomic mass is 16.3. The molecular formula is C5H13NO. The van der Waals surface area contributed by atoms with E-state index in [0.29, 0.717) is 6.54 Å². The SMILES string of the molecule is CC[C@@H](O)CNC. The van der Waals surface area contributed by atoms with Gasteiger partial charge in [-0.15, -0.1) is 0 Å². The maximum absolute atomic E-state index is 8.80. The van der Waals surface area contributed by atoms with Gasteiger partial charge in [-0.25, -0.2) is 0 Å². The van der Waals surface area contributed by atoms with Gasteiger partial charge in [0.2, 0.25) is 0 Å². The highest BCUT2D eigenvalue weighted by molar-refractivity contribution is 4.51. The van der Waals surface area contributed by atoms with Crippen molar-refractivity contribution in [1.29, 1.82) is 0 Å². The summed E-state index contributed by atoms with van der Waals surface area (Å²) in [4.78, 5) is 0. The molecule has 0 fully saturated rings. The first-order valence-electron chi connectivity index (χ1n) is 2.64. The molecule has 0 unspecified atom stereocenters. The predicted octanol–water partition coefficient (Wildman–Crippen LogP) is -0.0233. The number of aliphatic hydroxyl groups is 1.